The molecule has 0 N–H and O–H groups in total. The standard InChI is InChI=1S/C20H18N2O3S/c1-24-16-9-5-8-15(12-16)20-22(10-11-26-20)19(23)17-13-18(25-21-17)14-6-3-2-4-7-14/h2-9,12-13,20H,10-11H2,1H3/t20-/m0/s1. The summed E-state index contributed by atoms with van der Waals surface area (Å²) < 4.78 is 10.7. The largest absolute Gasteiger partial charge is 0.497 e. The number of hydrogen-bond acceptors (Lipinski definition) is 5. The molecule has 1 aromatic heterocycles. The van der Waals surface area contributed by atoms with Crippen molar-refractivity contribution >= 4 is 17.7 Å². The number of thioether (sulfide) groups is 1. The minimum absolute atomic E-state index is 0.0468. The van der Waals surface area contributed by atoms with Crippen molar-refractivity contribution in [3.63, 3.8) is 0 Å². The van der Waals surface area contributed by atoms with Gasteiger partial charge in [0.1, 0.15) is 11.1 Å². The molecule has 1 aliphatic rings. The van der Waals surface area contributed by atoms with Crippen molar-refractivity contribution < 1.29 is 14.1 Å². The summed E-state index contributed by atoms with van der Waals surface area (Å²) in [5.41, 5.74) is 2.28. The molecule has 132 valence electrons. The third kappa shape index (κ3) is 3.20. The van der Waals surface area contributed by atoms with Crippen LogP contribution in [0.4, 0.5) is 0 Å². The summed E-state index contributed by atoms with van der Waals surface area (Å²) in [5, 5.41) is 3.95. The van der Waals surface area contributed by atoms with Gasteiger partial charge in [-0.2, -0.15) is 0 Å². The van der Waals surface area contributed by atoms with Crippen molar-refractivity contribution in [3.8, 4) is 17.1 Å². The molecule has 0 saturated carbocycles. The smallest absolute Gasteiger partial charge is 0.277 e. The topological polar surface area (TPSA) is 55.6 Å². The Kier molecular flexibility index (Phi) is 4.67. The number of ether oxygens (including phenoxy) is 1. The van der Waals surface area contributed by atoms with Crippen LogP contribution < -0.4 is 4.74 Å². The Morgan fingerprint density at radius 3 is 2.85 bits per heavy atom. The van der Waals surface area contributed by atoms with Crippen molar-refractivity contribution in [2.75, 3.05) is 19.4 Å². The van der Waals surface area contributed by atoms with E-state index < -0.39 is 0 Å². The fourth-order valence-electron chi connectivity index (χ4n) is 3.01. The van der Waals surface area contributed by atoms with Gasteiger partial charge in [-0.3, -0.25) is 4.79 Å². The summed E-state index contributed by atoms with van der Waals surface area (Å²) in [4.78, 5) is 14.8. The SMILES string of the molecule is COc1cccc([C@@H]2SCCN2C(=O)c2cc(-c3ccccc3)on2)c1. The van der Waals surface area contributed by atoms with Crippen LogP contribution in [-0.4, -0.2) is 35.4 Å². The molecule has 2 heterocycles. The molecule has 26 heavy (non-hydrogen) atoms. The van der Waals surface area contributed by atoms with E-state index in [9.17, 15) is 4.79 Å². The number of nitrogens with zero attached hydrogens (tertiary/aromatic N) is 2. The third-order valence-corrected chi connectivity index (χ3v) is 5.58. The third-order valence-electron chi connectivity index (χ3n) is 4.32. The van der Waals surface area contributed by atoms with E-state index in [4.69, 9.17) is 9.26 Å². The lowest BCUT2D eigenvalue weighted by Crippen LogP contribution is -2.30. The van der Waals surface area contributed by atoms with Crippen LogP contribution >= 0.6 is 11.8 Å². The number of rotatable bonds is 4. The number of methoxy groups -OCH3 is 1. The van der Waals surface area contributed by atoms with Gasteiger partial charge >= 0.3 is 0 Å². The van der Waals surface area contributed by atoms with Gasteiger partial charge in [0.05, 0.1) is 7.11 Å². The van der Waals surface area contributed by atoms with E-state index in [1.54, 1.807) is 24.9 Å². The Bertz CT molecular complexity index is 910. The molecule has 4 rings (SSSR count). The van der Waals surface area contributed by atoms with Crippen LogP contribution in [-0.2, 0) is 0 Å². The molecule has 5 nitrogen and oxygen atoms in total. The Morgan fingerprint density at radius 1 is 1.19 bits per heavy atom. The van der Waals surface area contributed by atoms with Crippen LogP contribution in [0.1, 0.15) is 21.4 Å². The van der Waals surface area contributed by atoms with Gasteiger partial charge in [-0.25, -0.2) is 0 Å². The highest BCUT2D eigenvalue weighted by Gasteiger charge is 2.33. The maximum atomic E-state index is 13.0. The average molecular weight is 366 g/mol. The lowest BCUT2D eigenvalue weighted by molar-refractivity contribution is 0.0750. The molecule has 1 aliphatic heterocycles. The molecule has 0 unspecified atom stereocenters. The summed E-state index contributed by atoms with van der Waals surface area (Å²) in [7, 11) is 1.64. The average Bonchev–Trinajstić information content (AvgIpc) is 3.38. The van der Waals surface area contributed by atoms with Crippen LogP contribution in [0.25, 0.3) is 11.3 Å². The minimum atomic E-state index is -0.117. The van der Waals surface area contributed by atoms with Crippen molar-refractivity contribution in [1.82, 2.24) is 10.1 Å². The molecule has 1 amide bonds. The molecule has 1 atom stereocenters. The predicted molar refractivity (Wildman–Crippen MR) is 101 cm³/mol. The molecule has 3 aromatic rings. The summed E-state index contributed by atoms with van der Waals surface area (Å²) in [5.74, 6) is 2.15. The highest BCUT2D eigenvalue weighted by molar-refractivity contribution is 7.99. The second kappa shape index (κ2) is 7.25. The summed E-state index contributed by atoms with van der Waals surface area (Å²) in [6.07, 6.45) is 0. The van der Waals surface area contributed by atoms with E-state index in [0.29, 0.717) is 18.0 Å². The number of carbonyl (C=O) groups is 1. The molecule has 0 aliphatic carbocycles. The normalized spacial score (nSPS) is 16.7. The fraction of sp³-hybridized carbons (Fsp3) is 0.200. The van der Waals surface area contributed by atoms with E-state index >= 15 is 0 Å². The van der Waals surface area contributed by atoms with Crippen LogP contribution in [0.3, 0.4) is 0 Å². The molecular formula is C20H18N2O3S. The second-order valence-electron chi connectivity index (χ2n) is 5.94. The van der Waals surface area contributed by atoms with Crippen molar-refractivity contribution in [3.05, 3.63) is 71.9 Å². The summed E-state index contributed by atoms with van der Waals surface area (Å²) in [6.45, 7) is 0.679. The molecule has 2 aromatic carbocycles. The van der Waals surface area contributed by atoms with E-state index in [1.165, 1.54) is 0 Å². The van der Waals surface area contributed by atoms with Crippen molar-refractivity contribution in [1.29, 1.82) is 0 Å². The first-order valence-electron chi connectivity index (χ1n) is 8.35. The van der Waals surface area contributed by atoms with Gasteiger partial charge in [-0.15, -0.1) is 11.8 Å². The highest BCUT2D eigenvalue weighted by Crippen LogP contribution is 2.39. The van der Waals surface area contributed by atoms with E-state index in [-0.39, 0.29) is 11.3 Å². The number of benzene rings is 2. The Labute approximate surface area is 155 Å². The molecule has 6 heteroatoms. The Hall–Kier alpha value is -2.73. The van der Waals surface area contributed by atoms with Crippen molar-refractivity contribution in [2.24, 2.45) is 0 Å². The van der Waals surface area contributed by atoms with Crippen LogP contribution in [0, 0.1) is 0 Å². The van der Waals surface area contributed by atoms with Crippen molar-refractivity contribution in [2.45, 2.75) is 5.37 Å². The van der Waals surface area contributed by atoms with Crippen LogP contribution in [0.5, 0.6) is 5.75 Å². The zero-order valence-corrected chi connectivity index (χ0v) is 15.1. The fourth-order valence-corrected chi connectivity index (χ4v) is 4.26. The maximum absolute atomic E-state index is 13.0. The lowest BCUT2D eigenvalue weighted by atomic mass is 10.1. The molecule has 1 fully saturated rings. The molecule has 1 saturated heterocycles. The first kappa shape index (κ1) is 16.7. The quantitative estimate of drug-likeness (QED) is 0.691. The van der Waals surface area contributed by atoms with E-state index in [1.807, 2.05) is 59.5 Å². The first-order chi connectivity index (χ1) is 12.8. The van der Waals surface area contributed by atoms with E-state index in [2.05, 4.69) is 5.16 Å². The van der Waals surface area contributed by atoms with Gasteiger partial charge in [0.2, 0.25) is 0 Å². The zero-order valence-electron chi connectivity index (χ0n) is 14.3. The minimum Gasteiger partial charge on any atom is -0.497 e. The maximum Gasteiger partial charge on any atom is 0.277 e. The van der Waals surface area contributed by atoms with Gasteiger partial charge in [0, 0.05) is 23.9 Å². The van der Waals surface area contributed by atoms with Gasteiger partial charge < -0.3 is 14.2 Å². The predicted octanol–water partition coefficient (Wildman–Crippen LogP) is 4.24. The molecular weight excluding hydrogens is 348 g/mol. The number of aromatic nitrogens is 1. The molecule has 0 spiro atoms. The Morgan fingerprint density at radius 2 is 2.04 bits per heavy atom. The van der Waals surface area contributed by atoms with Crippen LogP contribution in [0.2, 0.25) is 0 Å². The van der Waals surface area contributed by atoms with Gasteiger partial charge in [-0.1, -0.05) is 47.6 Å². The van der Waals surface area contributed by atoms with Gasteiger partial charge in [0.15, 0.2) is 11.5 Å². The lowest BCUT2D eigenvalue weighted by Gasteiger charge is -2.23. The van der Waals surface area contributed by atoms with Gasteiger partial charge in [0.25, 0.3) is 5.91 Å². The number of hydrogen-bond donors (Lipinski definition) is 0. The second-order valence-corrected chi connectivity index (χ2v) is 7.13. The number of amides is 1. The molecule has 0 radical (unpaired) electrons. The number of carbonyl (C=O) groups excluding carboxylic acids is 1. The summed E-state index contributed by atoms with van der Waals surface area (Å²) >= 11 is 1.74. The Balaban J connectivity index is 1.58. The highest BCUT2D eigenvalue weighted by atomic mass is 32.2. The first-order valence-corrected chi connectivity index (χ1v) is 9.40. The molecule has 0 bridgehead atoms. The monoisotopic (exact) mass is 366 g/mol. The van der Waals surface area contributed by atoms with E-state index in [0.717, 1.165) is 22.6 Å². The van der Waals surface area contributed by atoms with Gasteiger partial charge in [-0.05, 0) is 17.7 Å². The summed E-state index contributed by atoms with van der Waals surface area (Å²) in [6, 6.07) is 19.2. The van der Waals surface area contributed by atoms with Crippen LogP contribution in [0.15, 0.2) is 65.2 Å². The zero-order chi connectivity index (χ0) is 17.9.